The predicted octanol–water partition coefficient (Wildman–Crippen LogP) is 1.00. The lowest BCUT2D eigenvalue weighted by molar-refractivity contribution is -0.116. The Balaban J connectivity index is 2.05. The summed E-state index contributed by atoms with van der Waals surface area (Å²) in [5.74, 6) is 0.269. The van der Waals surface area contributed by atoms with Gasteiger partial charge in [-0.3, -0.25) is 4.79 Å². The Morgan fingerprint density at radius 3 is 2.67 bits per heavy atom. The van der Waals surface area contributed by atoms with Crippen LogP contribution in [0.1, 0.15) is 19.3 Å². The number of anilines is 1. The monoisotopic (exact) mass is 311 g/mol. The van der Waals surface area contributed by atoms with Gasteiger partial charge in [0.2, 0.25) is 15.9 Å². The van der Waals surface area contributed by atoms with Crippen molar-refractivity contribution in [3.05, 3.63) is 24.3 Å². The summed E-state index contributed by atoms with van der Waals surface area (Å²) in [6, 6.07) is 6.11. The summed E-state index contributed by atoms with van der Waals surface area (Å²) in [5.41, 5.74) is 6.37. The number of nitrogens with zero attached hydrogens (tertiary/aromatic N) is 1. The second-order valence-corrected chi connectivity index (χ2v) is 7.72. The van der Waals surface area contributed by atoms with E-state index in [1.807, 2.05) is 0 Å². The standard InChI is InChI=1S/C14H21N3O3S/c1-17(2)21(19,20)12-5-3-4-11(8-12)16-14(18)9-13(15)10-6-7-10/h3-5,8,10,13H,6-7,9,15H2,1-2H3,(H,16,18). The molecule has 0 heterocycles. The van der Waals surface area contributed by atoms with Crippen molar-refractivity contribution >= 4 is 21.6 Å². The third-order valence-corrected chi connectivity index (χ3v) is 5.36. The second-order valence-electron chi connectivity index (χ2n) is 5.57. The Bertz CT molecular complexity index is 624. The average Bonchev–Trinajstić information content (AvgIpc) is 3.22. The van der Waals surface area contributed by atoms with Gasteiger partial charge in [0.05, 0.1) is 4.90 Å². The Kier molecular flexibility index (Phi) is 4.65. The maximum atomic E-state index is 12.0. The average molecular weight is 311 g/mol. The van der Waals surface area contributed by atoms with E-state index in [-0.39, 0.29) is 23.3 Å². The number of benzene rings is 1. The molecule has 6 nitrogen and oxygen atoms in total. The number of hydrogen-bond acceptors (Lipinski definition) is 4. The van der Waals surface area contributed by atoms with Crippen molar-refractivity contribution in [3.8, 4) is 0 Å². The topological polar surface area (TPSA) is 92.5 Å². The van der Waals surface area contributed by atoms with E-state index in [0.29, 0.717) is 11.6 Å². The third-order valence-electron chi connectivity index (χ3n) is 3.54. The van der Waals surface area contributed by atoms with Gasteiger partial charge in [-0.2, -0.15) is 0 Å². The summed E-state index contributed by atoms with van der Waals surface area (Å²) in [5, 5.41) is 2.70. The predicted molar refractivity (Wildman–Crippen MR) is 81.3 cm³/mol. The molecule has 0 aliphatic heterocycles. The number of carbonyl (C=O) groups excluding carboxylic acids is 1. The smallest absolute Gasteiger partial charge is 0.242 e. The zero-order chi connectivity index (χ0) is 15.6. The van der Waals surface area contributed by atoms with Crippen molar-refractivity contribution in [3.63, 3.8) is 0 Å². The first-order valence-corrected chi connectivity index (χ1v) is 8.32. The molecule has 21 heavy (non-hydrogen) atoms. The van der Waals surface area contributed by atoms with Crippen LogP contribution in [0.3, 0.4) is 0 Å². The van der Waals surface area contributed by atoms with Crippen LogP contribution >= 0.6 is 0 Å². The van der Waals surface area contributed by atoms with Crippen LogP contribution in [0.5, 0.6) is 0 Å². The maximum Gasteiger partial charge on any atom is 0.242 e. The molecule has 0 radical (unpaired) electrons. The van der Waals surface area contributed by atoms with Crippen LogP contribution in [0.4, 0.5) is 5.69 Å². The van der Waals surface area contributed by atoms with Crippen molar-refractivity contribution in [1.29, 1.82) is 0 Å². The van der Waals surface area contributed by atoms with E-state index in [1.165, 1.54) is 26.2 Å². The number of hydrogen-bond donors (Lipinski definition) is 2. The molecule has 3 N–H and O–H groups in total. The van der Waals surface area contributed by atoms with Gasteiger partial charge in [-0.25, -0.2) is 12.7 Å². The van der Waals surface area contributed by atoms with E-state index in [2.05, 4.69) is 5.32 Å². The van der Waals surface area contributed by atoms with Crippen molar-refractivity contribution < 1.29 is 13.2 Å². The lowest BCUT2D eigenvalue weighted by Crippen LogP contribution is -2.29. The van der Waals surface area contributed by atoms with Gasteiger partial charge >= 0.3 is 0 Å². The first-order chi connectivity index (χ1) is 9.80. The summed E-state index contributed by atoms with van der Waals surface area (Å²) in [6.45, 7) is 0. The number of amides is 1. The quantitative estimate of drug-likeness (QED) is 0.820. The summed E-state index contributed by atoms with van der Waals surface area (Å²) in [4.78, 5) is 12.0. The Morgan fingerprint density at radius 1 is 1.43 bits per heavy atom. The maximum absolute atomic E-state index is 12.0. The van der Waals surface area contributed by atoms with E-state index < -0.39 is 10.0 Å². The van der Waals surface area contributed by atoms with Gasteiger partial charge in [0.25, 0.3) is 0 Å². The lowest BCUT2D eigenvalue weighted by atomic mass is 10.1. The normalized spacial score (nSPS) is 16.8. The lowest BCUT2D eigenvalue weighted by Gasteiger charge is -2.13. The van der Waals surface area contributed by atoms with Crippen molar-refractivity contribution in [2.24, 2.45) is 11.7 Å². The molecule has 1 saturated carbocycles. The van der Waals surface area contributed by atoms with E-state index in [9.17, 15) is 13.2 Å². The Morgan fingerprint density at radius 2 is 2.10 bits per heavy atom. The fourth-order valence-electron chi connectivity index (χ4n) is 2.06. The molecular formula is C14H21N3O3S. The van der Waals surface area contributed by atoms with Gasteiger partial charge in [0.15, 0.2) is 0 Å². The molecule has 0 saturated heterocycles. The summed E-state index contributed by atoms with van der Waals surface area (Å²) < 4.78 is 25.2. The van der Waals surface area contributed by atoms with Crippen molar-refractivity contribution in [1.82, 2.24) is 4.31 Å². The molecule has 1 amide bonds. The van der Waals surface area contributed by atoms with Crippen LogP contribution in [0, 0.1) is 5.92 Å². The van der Waals surface area contributed by atoms with E-state index >= 15 is 0 Å². The zero-order valence-corrected chi connectivity index (χ0v) is 13.1. The molecule has 0 aromatic heterocycles. The highest BCUT2D eigenvalue weighted by atomic mass is 32.2. The first-order valence-electron chi connectivity index (χ1n) is 6.88. The third kappa shape index (κ3) is 4.03. The van der Waals surface area contributed by atoms with Gasteiger partial charge in [0.1, 0.15) is 0 Å². The molecule has 0 spiro atoms. The number of nitrogens with two attached hydrogens (primary N) is 1. The number of carbonyl (C=O) groups is 1. The van der Waals surface area contributed by atoms with Crippen molar-refractivity contribution in [2.45, 2.75) is 30.2 Å². The molecule has 0 bridgehead atoms. The first kappa shape index (κ1) is 15.9. The number of nitrogens with one attached hydrogen (secondary N) is 1. The van der Waals surface area contributed by atoms with E-state index in [0.717, 1.165) is 17.1 Å². The molecule has 1 unspecified atom stereocenters. The van der Waals surface area contributed by atoms with Crippen LogP contribution in [0.2, 0.25) is 0 Å². The van der Waals surface area contributed by atoms with Crippen LogP contribution in [-0.4, -0.2) is 38.8 Å². The molecule has 1 aliphatic rings. The Labute approximate surface area is 125 Å². The minimum absolute atomic E-state index is 0.112. The fraction of sp³-hybridized carbons (Fsp3) is 0.500. The molecule has 1 atom stereocenters. The van der Waals surface area contributed by atoms with Crippen LogP contribution < -0.4 is 11.1 Å². The Hall–Kier alpha value is -1.44. The molecule has 7 heteroatoms. The van der Waals surface area contributed by atoms with Gasteiger partial charge in [-0.15, -0.1) is 0 Å². The summed E-state index contributed by atoms with van der Waals surface area (Å²) >= 11 is 0. The minimum atomic E-state index is -3.50. The van der Waals surface area contributed by atoms with Gasteiger partial charge in [-0.1, -0.05) is 6.07 Å². The molecule has 1 aromatic carbocycles. The number of sulfonamides is 1. The van der Waals surface area contributed by atoms with Gasteiger partial charge in [0, 0.05) is 32.2 Å². The number of rotatable bonds is 6. The highest BCUT2D eigenvalue weighted by Crippen LogP contribution is 2.32. The molecule has 1 fully saturated rings. The SMILES string of the molecule is CN(C)S(=O)(=O)c1cccc(NC(=O)CC(N)C2CC2)c1. The second kappa shape index (κ2) is 6.13. The molecular weight excluding hydrogens is 290 g/mol. The van der Waals surface area contributed by atoms with E-state index in [4.69, 9.17) is 5.73 Å². The van der Waals surface area contributed by atoms with Crippen LogP contribution in [0.25, 0.3) is 0 Å². The minimum Gasteiger partial charge on any atom is -0.327 e. The largest absolute Gasteiger partial charge is 0.327 e. The molecule has 2 rings (SSSR count). The van der Waals surface area contributed by atoms with Gasteiger partial charge < -0.3 is 11.1 Å². The molecule has 1 aromatic rings. The van der Waals surface area contributed by atoms with Crippen molar-refractivity contribution in [2.75, 3.05) is 19.4 Å². The summed E-state index contributed by atoms with van der Waals surface area (Å²) in [6.07, 6.45) is 2.44. The highest BCUT2D eigenvalue weighted by Gasteiger charge is 2.29. The zero-order valence-electron chi connectivity index (χ0n) is 12.2. The van der Waals surface area contributed by atoms with Gasteiger partial charge in [-0.05, 0) is 37.0 Å². The highest BCUT2D eigenvalue weighted by molar-refractivity contribution is 7.89. The molecule has 1 aliphatic carbocycles. The fourth-order valence-corrected chi connectivity index (χ4v) is 3.01. The van der Waals surface area contributed by atoms with E-state index in [1.54, 1.807) is 12.1 Å². The van der Waals surface area contributed by atoms with Crippen LogP contribution in [0.15, 0.2) is 29.2 Å². The van der Waals surface area contributed by atoms with Crippen LogP contribution in [-0.2, 0) is 14.8 Å². The molecule has 116 valence electrons. The summed E-state index contributed by atoms with van der Waals surface area (Å²) in [7, 11) is -0.569.